The normalized spacial score (nSPS) is 11.2. The van der Waals surface area contributed by atoms with Crippen molar-refractivity contribution in [3.63, 3.8) is 0 Å². The average Bonchev–Trinajstić information content (AvgIpc) is 2.65. The summed E-state index contributed by atoms with van der Waals surface area (Å²) in [6.45, 7) is 5.70. The Hall–Kier alpha value is -3.21. The first-order chi connectivity index (χ1) is 12.8. The molecule has 0 aromatic heterocycles. The van der Waals surface area contributed by atoms with Gasteiger partial charge in [-0.1, -0.05) is 63.2 Å². The van der Waals surface area contributed by atoms with Gasteiger partial charge in [0.15, 0.2) is 6.61 Å². The topological polar surface area (TPSA) is 72.5 Å². The first kappa shape index (κ1) is 20.1. The summed E-state index contributed by atoms with van der Waals surface area (Å²) in [5.41, 5.74) is 2.27. The molecule has 0 radical (unpaired) electrons. The van der Waals surface area contributed by atoms with E-state index in [4.69, 9.17) is 4.74 Å². The van der Waals surface area contributed by atoms with E-state index in [9.17, 15) is 14.4 Å². The second-order valence-electron chi connectivity index (χ2n) is 7.06. The van der Waals surface area contributed by atoms with Gasteiger partial charge < -0.3 is 4.74 Å². The quantitative estimate of drug-likeness (QED) is 0.650. The van der Waals surface area contributed by atoms with E-state index in [0.717, 1.165) is 11.1 Å². The Bertz CT molecular complexity index is 831. The Labute approximate surface area is 159 Å². The van der Waals surface area contributed by atoms with Crippen molar-refractivity contribution in [2.24, 2.45) is 0 Å². The third-order valence-electron chi connectivity index (χ3n) is 3.82. The van der Waals surface area contributed by atoms with Gasteiger partial charge in [0.25, 0.3) is 11.8 Å². The van der Waals surface area contributed by atoms with Gasteiger partial charge in [-0.25, -0.2) is 4.79 Å². The number of benzene rings is 2. The first-order valence-corrected chi connectivity index (χ1v) is 8.60. The highest BCUT2D eigenvalue weighted by molar-refractivity contribution is 6.05. The Balaban J connectivity index is 1.82. The molecule has 0 aliphatic carbocycles. The fraction of sp³-hybridized carbons (Fsp3) is 0.227. The van der Waals surface area contributed by atoms with E-state index in [-0.39, 0.29) is 5.41 Å². The fourth-order valence-electron chi connectivity index (χ4n) is 2.27. The Morgan fingerprint density at radius 2 is 1.59 bits per heavy atom. The van der Waals surface area contributed by atoms with Crippen molar-refractivity contribution >= 4 is 23.9 Å². The number of rotatable bonds is 5. The van der Waals surface area contributed by atoms with Crippen LogP contribution in [0.1, 0.15) is 42.3 Å². The van der Waals surface area contributed by atoms with Gasteiger partial charge in [0.05, 0.1) is 0 Å². The van der Waals surface area contributed by atoms with Gasteiger partial charge in [0, 0.05) is 11.6 Å². The van der Waals surface area contributed by atoms with Crippen LogP contribution in [-0.4, -0.2) is 24.4 Å². The maximum Gasteiger partial charge on any atom is 0.331 e. The Morgan fingerprint density at radius 1 is 0.963 bits per heavy atom. The Kier molecular flexibility index (Phi) is 6.66. The third kappa shape index (κ3) is 6.55. The molecule has 5 nitrogen and oxygen atoms in total. The highest BCUT2D eigenvalue weighted by Gasteiger charge is 2.15. The molecular weight excluding hydrogens is 342 g/mol. The van der Waals surface area contributed by atoms with E-state index >= 15 is 0 Å². The lowest BCUT2D eigenvalue weighted by Crippen LogP contribution is -2.34. The van der Waals surface area contributed by atoms with E-state index in [1.165, 1.54) is 6.08 Å². The van der Waals surface area contributed by atoms with Crippen LogP contribution in [0.3, 0.4) is 0 Å². The fourth-order valence-corrected chi connectivity index (χ4v) is 2.27. The van der Waals surface area contributed by atoms with E-state index in [2.05, 4.69) is 26.1 Å². The molecule has 2 aromatic rings. The van der Waals surface area contributed by atoms with Gasteiger partial charge in [0.1, 0.15) is 0 Å². The van der Waals surface area contributed by atoms with Crippen molar-refractivity contribution in [2.45, 2.75) is 26.2 Å². The number of ether oxygens (including phenoxy) is 1. The smallest absolute Gasteiger partial charge is 0.331 e. The number of nitrogens with one attached hydrogen (secondary N) is 1. The van der Waals surface area contributed by atoms with Crippen molar-refractivity contribution < 1.29 is 19.1 Å². The molecule has 0 bridgehead atoms. The lowest BCUT2D eigenvalue weighted by molar-refractivity contribution is -0.143. The number of carbonyl (C=O) groups is 3. The molecule has 0 heterocycles. The molecule has 0 atom stereocenters. The molecule has 0 saturated heterocycles. The molecule has 27 heavy (non-hydrogen) atoms. The number of imide groups is 1. The largest absolute Gasteiger partial charge is 0.452 e. The maximum atomic E-state index is 12.1. The molecular formula is C22H23NO4. The monoisotopic (exact) mass is 365 g/mol. The summed E-state index contributed by atoms with van der Waals surface area (Å²) in [6.07, 6.45) is 2.82. The molecule has 5 heteroatoms. The van der Waals surface area contributed by atoms with Gasteiger partial charge >= 0.3 is 5.97 Å². The van der Waals surface area contributed by atoms with E-state index in [1.807, 2.05) is 42.5 Å². The minimum absolute atomic E-state index is 0.0215. The highest BCUT2D eigenvalue weighted by atomic mass is 16.5. The molecule has 0 aliphatic rings. The zero-order chi connectivity index (χ0) is 19.9. The van der Waals surface area contributed by atoms with Crippen LogP contribution in [-0.2, 0) is 19.7 Å². The number of hydrogen-bond acceptors (Lipinski definition) is 4. The summed E-state index contributed by atoms with van der Waals surface area (Å²) < 4.78 is 4.84. The second-order valence-corrected chi connectivity index (χ2v) is 7.06. The standard InChI is InChI=1S/C22H23NO4/c1-22(2,3)18-12-10-17(11-13-18)21(26)23-19(24)15-27-20(25)14-9-16-7-5-4-6-8-16/h4-14H,15H2,1-3H3,(H,23,24,26). The van der Waals surface area contributed by atoms with Crippen molar-refractivity contribution in [1.29, 1.82) is 0 Å². The summed E-state index contributed by atoms with van der Waals surface area (Å²) in [5.74, 6) is -1.87. The lowest BCUT2D eigenvalue weighted by atomic mass is 9.87. The summed E-state index contributed by atoms with van der Waals surface area (Å²) in [6, 6.07) is 16.3. The van der Waals surface area contributed by atoms with E-state index in [0.29, 0.717) is 5.56 Å². The van der Waals surface area contributed by atoms with Crippen LogP contribution < -0.4 is 5.32 Å². The molecule has 0 aliphatic heterocycles. The summed E-state index contributed by atoms with van der Waals surface area (Å²) in [4.78, 5) is 35.5. The molecule has 2 amide bonds. The average molecular weight is 365 g/mol. The van der Waals surface area contributed by atoms with Crippen LogP contribution >= 0.6 is 0 Å². The molecule has 140 valence electrons. The van der Waals surface area contributed by atoms with Crippen LogP contribution in [0.4, 0.5) is 0 Å². The van der Waals surface area contributed by atoms with Crippen LogP contribution in [0.15, 0.2) is 60.7 Å². The first-order valence-electron chi connectivity index (χ1n) is 8.60. The number of hydrogen-bond donors (Lipinski definition) is 1. The van der Waals surface area contributed by atoms with Crippen LogP contribution in [0, 0.1) is 0 Å². The zero-order valence-electron chi connectivity index (χ0n) is 15.7. The van der Waals surface area contributed by atoms with Crippen LogP contribution in [0.5, 0.6) is 0 Å². The van der Waals surface area contributed by atoms with E-state index in [1.54, 1.807) is 18.2 Å². The van der Waals surface area contributed by atoms with Crippen molar-refractivity contribution in [2.75, 3.05) is 6.61 Å². The molecule has 0 spiro atoms. The SMILES string of the molecule is CC(C)(C)c1ccc(C(=O)NC(=O)COC(=O)C=Cc2ccccc2)cc1. The molecule has 2 rings (SSSR count). The van der Waals surface area contributed by atoms with Gasteiger partial charge in [-0.2, -0.15) is 0 Å². The number of esters is 1. The van der Waals surface area contributed by atoms with Gasteiger partial charge in [0.2, 0.25) is 0 Å². The van der Waals surface area contributed by atoms with Crippen molar-refractivity contribution in [3.05, 3.63) is 77.4 Å². The summed E-state index contributed by atoms with van der Waals surface area (Å²) >= 11 is 0. The number of carbonyl (C=O) groups excluding carboxylic acids is 3. The minimum atomic E-state index is -0.679. The molecule has 0 saturated carbocycles. The summed E-state index contributed by atoms with van der Waals surface area (Å²) in [5, 5.41) is 2.20. The van der Waals surface area contributed by atoms with Gasteiger partial charge in [-0.15, -0.1) is 0 Å². The lowest BCUT2D eigenvalue weighted by Gasteiger charge is -2.18. The third-order valence-corrected chi connectivity index (χ3v) is 3.82. The number of amides is 2. The van der Waals surface area contributed by atoms with E-state index < -0.39 is 24.4 Å². The predicted octanol–water partition coefficient (Wildman–Crippen LogP) is 3.50. The molecule has 0 fully saturated rings. The predicted molar refractivity (Wildman–Crippen MR) is 104 cm³/mol. The Morgan fingerprint density at radius 3 is 2.19 bits per heavy atom. The zero-order valence-corrected chi connectivity index (χ0v) is 15.7. The maximum absolute atomic E-state index is 12.1. The highest BCUT2D eigenvalue weighted by Crippen LogP contribution is 2.22. The molecule has 0 unspecified atom stereocenters. The van der Waals surface area contributed by atoms with Crippen LogP contribution in [0.2, 0.25) is 0 Å². The second kappa shape index (κ2) is 8.94. The van der Waals surface area contributed by atoms with Crippen molar-refractivity contribution in [1.82, 2.24) is 5.32 Å². The molecule has 1 N–H and O–H groups in total. The van der Waals surface area contributed by atoms with Crippen LogP contribution in [0.25, 0.3) is 6.08 Å². The van der Waals surface area contributed by atoms with Crippen molar-refractivity contribution in [3.8, 4) is 0 Å². The van der Waals surface area contributed by atoms with Gasteiger partial charge in [-0.3, -0.25) is 14.9 Å². The molecule has 2 aromatic carbocycles. The minimum Gasteiger partial charge on any atom is -0.452 e. The summed E-state index contributed by atoms with van der Waals surface area (Å²) in [7, 11) is 0. The van der Waals surface area contributed by atoms with Gasteiger partial charge in [-0.05, 0) is 34.8 Å².